The molecule has 1 aliphatic heterocycles. The van der Waals surface area contributed by atoms with Crippen molar-refractivity contribution in [2.45, 2.75) is 30.1 Å². The number of fused-ring (bicyclic) bond motifs is 1. The van der Waals surface area contributed by atoms with E-state index >= 15 is 0 Å². The molecule has 1 aromatic heterocycles. The summed E-state index contributed by atoms with van der Waals surface area (Å²) in [5, 5.41) is 8.85. The Morgan fingerprint density at radius 3 is 2.46 bits per heavy atom. The van der Waals surface area contributed by atoms with E-state index in [2.05, 4.69) is 10.2 Å². The molecule has 1 saturated carbocycles. The lowest BCUT2D eigenvalue weighted by Gasteiger charge is -2.15. The lowest BCUT2D eigenvalue weighted by Crippen LogP contribution is -2.31. The monoisotopic (exact) mass is 388 g/mol. The van der Waals surface area contributed by atoms with Crippen molar-refractivity contribution in [3.05, 3.63) is 35.4 Å². The van der Waals surface area contributed by atoms with E-state index in [1.165, 1.54) is 34.9 Å². The molecule has 2 aromatic rings. The fourth-order valence-electron chi connectivity index (χ4n) is 2.91. The molecule has 9 heteroatoms. The van der Waals surface area contributed by atoms with Gasteiger partial charge in [-0.25, -0.2) is 0 Å². The third-order valence-electron chi connectivity index (χ3n) is 4.27. The van der Waals surface area contributed by atoms with Gasteiger partial charge < -0.3 is 0 Å². The third kappa shape index (κ3) is 3.12. The zero-order valence-electron chi connectivity index (χ0n) is 14.0. The fraction of sp³-hybridized carbons (Fsp3) is 0.353. The van der Waals surface area contributed by atoms with Crippen LogP contribution in [-0.4, -0.2) is 51.2 Å². The maximum absolute atomic E-state index is 12.3. The highest BCUT2D eigenvalue weighted by atomic mass is 32.2. The van der Waals surface area contributed by atoms with Gasteiger partial charge in [-0.1, -0.05) is 35.2 Å². The second kappa shape index (κ2) is 6.81. The molecule has 1 aromatic carbocycles. The van der Waals surface area contributed by atoms with Crippen molar-refractivity contribution in [3.8, 4) is 0 Å². The molecule has 7 nitrogen and oxygen atoms in total. The van der Waals surface area contributed by atoms with Gasteiger partial charge in [-0.3, -0.25) is 24.2 Å². The summed E-state index contributed by atoms with van der Waals surface area (Å²) in [6.07, 6.45) is 2.00. The van der Waals surface area contributed by atoms with Crippen molar-refractivity contribution < 1.29 is 14.4 Å². The van der Waals surface area contributed by atoms with Gasteiger partial charge >= 0.3 is 0 Å². The molecule has 26 heavy (non-hydrogen) atoms. The summed E-state index contributed by atoms with van der Waals surface area (Å²) in [5.41, 5.74) is 0.921. The van der Waals surface area contributed by atoms with Crippen LogP contribution in [0.5, 0.6) is 0 Å². The fourth-order valence-corrected chi connectivity index (χ4v) is 4.86. The highest BCUT2D eigenvalue weighted by molar-refractivity contribution is 8.01. The number of rotatable bonds is 6. The molecule has 2 heterocycles. The number of benzene rings is 1. The van der Waals surface area contributed by atoms with Gasteiger partial charge in [0.15, 0.2) is 4.34 Å². The second-order valence-electron chi connectivity index (χ2n) is 6.13. The minimum Gasteiger partial charge on any atom is -0.284 e. The van der Waals surface area contributed by atoms with Gasteiger partial charge in [-0.05, 0) is 25.0 Å². The first-order valence-corrected chi connectivity index (χ1v) is 10.1. The summed E-state index contributed by atoms with van der Waals surface area (Å²) in [6, 6.07) is 7.11. The third-order valence-corrected chi connectivity index (χ3v) is 6.31. The van der Waals surface area contributed by atoms with Crippen LogP contribution in [0.25, 0.3) is 0 Å². The molecule has 0 N–H and O–H groups in total. The number of carbonyl (C=O) groups excluding carboxylic acids is 3. The maximum atomic E-state index is 12.3. The van der Waals surface area contributed by atoms with Crippen molar-refractivity contribution in [2.24, 2.45) is 0 Å². The number of hydrogen-bond acceptors (Lipinski definition) is 7. The first-order chi connectivity index (χ1) is 12.6. The quantitative estimate of drug-likeness (QED) is 0.429. The van der Waals surface area contributed by atoms with Crippen molar-refractivity contribution >= 4 is 46.0 Å². The number of imide groups is 1. The summed E-state index contributed by atoms with van der Waals surface area (Å²) >= 11 is 2.80. The summed E-state index contributed by atoms with van der Waals surface area (Å²) in [4.78, 5) is 39.4. The topological polar surface area (TPSA) is 83.5 Å². The summed E-state index contributed by atoms with van der Waals surface area (Å²) in [7, 11) is 0. The van der Waals surface area contributed by atoms with Gasteiger partial charge in [0.2, 0.25) is 11.0 Å². The molecule has 0 bridgehead atoms. The second-order valence-corrected chi connectivity index (χ2v) is 8.42. The minimum absolute atomic E-state index is 0.0220. The smallest absolute Gasteiger partial charge is 0.261 e. The molecule has 1 fully saturated rings. The molecule has 0 spiro atoms. The zero-order valence-corrected chi connectivity index (χ0v) is 15.7. The summed E-state index contributed by atoms with van der Waals surface area (Å²) in [6.45, 7) is 1.85. The van der Waals surface area contributed by atoms with Crippen LogP contribution in [0.3, 0.4) is 0 Å². The highest BCUT2D eigenvalue weighted by Crippen LogP contribution is 2.35. The van der Waals surface area contributed by atoms with Gasteiger partial charge in [0.05, 0.1) is 11.1 Å². The largest absolute Gasteiger partial charge is 0.284 e. The van der Waals surface area contributed by atoms with Crippen LogP contribution < -0.4 is 4.90 Å². The van der Waals surface area contributed by atoms with E-state index in [0.29, 0.717) is 28.6 Å². The number of thioether (sulfide) groups is 1. The Balaban J connectivity index is 1.37. The van der Waals surface area contributed by atoms with E-state index in [1.807, 2.05) is 0 Å². The molecular weight excluding hydrogens is 372 g/mol. The SMILES string of the molecule is CC(=O)N(c1nnc(SCCN2C(=O)c3ccccc3C2=O)s1)C1CC1. The molecule has 134 valence electrons. The number of hydrogen-bond donors (Lipinski definition) is 0. The number of carbonyl (C=O) groups is 3. The van der Waals surface area contributed by atoms with Gasteiger partial charge in [-0.15, -0.1) is 10.2 Å². The highest BCUT2D eigenvalue weighted by Gasteiger charge is 2.35. The summed E-state index contributed by atoms with van der Waals surface area (Å²) in [5.74, 6) is 0.0105. The normalized spacial score (nSPS) is 16.1. The van der Waals surface area contributed by atoms with Gasteiger partial charge in [0.1, 0.15) is 0 Å². The van der Waals surface area contributed by atoms with E-state index in [9.17, 15) is 14.4 Å². The summed E-state index contributed by atoms with van der Waals surface area (Å²) < 4.78 is 0.725. The Bertz CT molecular complexity index is 859. The predicted octanol–water partition coefficient (Wildman–Crippen LogP) is 2.44. The molecular formula is C17H16N4O3S2. The zero-order chi connectivity index (χ0) is 18.3. The molecule has 0 atom stereocenters. The van der Waals surface area contributed by atoms with Crippen molar-refractivity contribution in [1.82, 2.24) is 15.1 Å². The van der Waals surface area contributed by atoms with Crippen LogP contribution in [0.2, 0.25) is 0 Å². The van der Waals surface area contributed by atoms with Gasteiger partial charge in [0.25, 0.3) is 11.8 Å². The number of anilines is 1. The van der Waals surface area contributed by atoms with Crippen LogP contribution in [-0.2, 0) is 4.79 Å². The molecule has 3 amide bonds. The molecule has 0 unspecified atom stereocenters. The molecule has 0 radical (unpaired) electrons. The number of nitrogens with zero attached hydrogens (tertiary/aromatic N) is 4. The van der Waals surface area contributed by atoms with Gasteiger partial charge in [0, 0.05) is 25.3 Å². The van der Waals surface area contributed by atoms with Crippen molar-refractivity contribution in [1.29, 1.82) is 0 Å². The lowest BCUT2D eigenvalue weighted by atomic mass is 10.1. The van der Waals surface area contributed by atoms with E-state index in [1.54, 1.807) is 29.2 Å². The van der Waals surface area contributed by atoms with Gasteiger partial charge in [-0.2, -0.15) is 0 Å². The predicted molar refractivity (Wildman–Crippen MR) is 98.6 cm³/mol. The average Bonchev–Trinajstić information content (AvgIpc) is 3.29. The van der Waals surface area contributed by atoms with Crippen LogP contribution >= 0.6 is 23.1 Å². The number of aromatic nitrogens is 2. The van der Waals surface area contributed by atoms with Crippen molar-refractivity contribution in [2.75, 3.05) is 17.2 Å². The van der Waals surface area contributed by atoms with Crippen LogP contribution in [0, 0.1) is 0 Å². The Morgan fingerprint density at radius 1 is 1.23 bits per heavy atom. The van der Waals surface area contributed by atoms with E-state index in [-0.39, 0.29) is 23.8 Å². The van der Waals surface area contributed by atoms with E-state index < -0.39 is 0 Å². The molecule has 0 saturated heterocycles. The Kier molecular flexibility index (Phi) is 4.49. The average molecular weight is 388 g/mol. The van der Waals surface area contributed by atoms with Crippen molar-refractivity contribution in [3.63, 3.8) is 0 Å². The minimum atomic E-state index is -0.249. The van der Waals surface area contributed by atoms with Crippen LogP contribution in [0.4, 0.5) is 5.13 Å². The number of amides is 3. The Labute approximate surface area is 158 Å². The van der Waals surface area contributed by atoms with Crippen LogP contribution in [0.1, 0.15) is 40.5 Å². The standard InChI is InChI=1S/C17H16N4O3S2/c1-10(22)21(11-6-7-11)16-18-19-17(26-16)25-9-8-20-14(23)12-4-2-3-5-13(12)15(20)24/h2-5,11H,6-9H2,1H3. The van der Waals surface area contributed by atoms with E-state index in [0.717, 1.165) is 17.2 Å². The molecule has 1 aliphatic carbocycles. The van der Waals surface area contributed by atoms with Crippen LogP contribution in [0.15, 0.2) is 28.6 Å². The van der Waals surface area contributed by atoms with E-state index in [4.69, 9.17) is 0 Å². The first-order valence-electron chi connectivity index (χ1n) is 8.27. The maximum Gasteiger partial charge on any atom is 0.261 e. The molecule has 4 rings (SSSR count). The Hall–Kier alpha value is -2.26. The Morgan fingerprint density at radius 2 is 1.88 bits per heavy atom. The lowest BCUT2D eigenvalue weighted by molar-refractivity contribution is -0.116. The first kappa shape index (κ1) is 17.2. The molecule has 2 aliphatic rings.